The molecule has 144 valence electrons. The molecule has 0 atom stereocenters. The number of hydrogen-bond donors (Lipinski definition) is 0. The molecule has 0 spiro atoms. The van der Waals surface area contributed by atoms with Gasteiger partial charge >= 0.3 is 0 Å². The minimum Gasteiger partial charge on any atom is -0.494 e. The van der Waals surface area contributed by atoms with Crippen molar-refractivity contribution in [3.63, 3.8) is 0 Å². The molecular formula is C19H23N3O3S2. The molecule has 2 saturated heterocycles. The summed E-state index contributed by atoms with van der Waals surface area (Å²) in [5.41, 5.74) is 0.893. The maximum atomic E-state index is 12.7. The number of benzene rings is 1. The van der Waals surface area contributed by atoms with E-state index in [0.29, 0.717) is 28.9 Å². The van der Waals surface area contributed by atoms with Crippen molar-refractivity contribution in [1.82, 2.24) is 14.7 Å². The molecule has 0 saturated carbocycles. The van der Waals surface area contributed by atoms with Crippen LogP contribution in [0.2, 0.25) is 0 Å². The van der Waals surface area contributed by atoms with Gasteiger partial charge in [-0.25, -0.2) is 0 Å². The van der Waals surface area contributed by atoms with Crippen molar-refractivity contribution in [2.75, 3.05) is 46.4 Å². The number of carbonyl (C=O) groups excluding carboxylic acids is 2. The number of rotatable bonds is 5. The molecule has 0 N–H and O–H groups in total. The van der Waals surface area contributed by atoms with Gasteiger partial charge in [-0.05, 0) is 37.7 Å². The van der Waals surface area contributed by atoms with Crippen LogP contribution in [0.5, 0.6) is 5.75 Å². The maximum absolute atomic E-state index is 12.7. The molecule has 27 heavy (non-hydrogen) atoms. The second kappa shape index (κ2) is 8.86. The van der Waals surface area contributed by atoms with Gasteiger partial charge in [0.05, 0.1) is 11.5 Å². The number of likely N-dealkylation sites (N-methyl/N-ethyl adjacent to an activating group) is 1. The van der Waals surface area contributed by atoms with E-state index in [4.69, 9.17) is 17.0 Å². The minimum atomic E-state index is -0.207. The normalized spacial score (nSPS) is 19.9. The third-order valence-corrected chi connectivity index (χ3v) is 5.89. The Morgan fingerprint density at radius 2 is 1.89 bits per heavy atom. The van der Waals surface area contributed by atoms with E-state index in [0.717, 1.165) is 24.4 Å². The fourth-order valence-corrected chi connectivity index (χ4v) is 4.16. The highest BCUT2D eigenvalue weighted by atomic mass is 32.2. The maximum Gasteiger partial charge on any atom is 0.266 e. The molecule has 2 amide bonds. The summed E-state index contributed by atoms with van der Waals surface area (Å²) in [7, 11) is 2.04. The van der Waals surface area contributed by atoms with E-state index in [-0.39, 0.29) is 18.4 Å². The number of piperazine rings is 1. The smallest absolute Gasteiger partial charge is 0.266 e. The topological polar surface area (TPSA) is 53.1 Å². The molecule has 6 nitrogen and oxygen atoms in total. The predicted octanol–water partition coefficient (Wildman–Crippen LogP) is 2.06. The molecule has 1 aromatic carbocycles. The SMILES string of the molecule is CCOc1ccc(/C=C2\SC(=S)N(CC(=O)N3CCN(C)CC3)C2=O)cc1. The van der Waals surface area contributed by atoms with E-state index in [1.54, 1.807) is 11.0 Å². The van der Waals surface area contributed by atoms with Crippen LogP contribution < -0.4 is 4.74 Å². The lowest BCUT2D eigenvalue weighted by atomic mass is 10.2. The molecule has 0 aliphatic carbocycles. The summed E-state index contributed by atoms with van der Waals surface area (Å²) >= 11 is 6.57. The number of carbonyl (C=O) groups is 2. The number of thiocarbonyl (C=S) groups is 1. The van der Waals surface area contributed by atoms with Crippen LogP contribution in [0.25, 0.3) is 6.08 Å². The van der Waals surface area contributed by atoms with Crippen molar-refractivity contribution in [3.05, 3.63) is 34.7 Å². The molecule has 0 bridgehead atoms. The number of nitrogens with zero attached hydrogens (tertiary/aromatic N) is 3. The van der Waals surface area contributed by atoms with Crippen LogP contribution in [0.3, 0.4) is 0 Å². The Labute approximate surface area is 169 Å². The Morgan fingerprint density at radius 3 is 2.52 bits per heavy atom. The summed E-state index contributed by atoms with van der Waals surface area (Å²) in [5, 5.41) is 0. The van der Waals surface area contributed by atoms with Gasteiger partial charge in [0, 0.05) is 26.2 Å². The monoisotopic (exact) mass is 405 g/mol. The second-order valence-corrected chi connectivity index (χ2v) is 8.13. The van der Waals surface area contributed by atoms with E-state index in [1.165, 1.54) is 16.7 Å². The standard InChI is InChI=1S/C19H23N3O3S2/c1-3-25-15-6-4-14(5-7-15)12-16-18(24)22(19(26)27-16)13-17(23)21-10-8-20(2)9-11-21/h4-7,12H,3,8-11,13H2,1-2H3/b16-12-. The molecule has 2 aliphatic heterocycles. The van der Waals surface area contributed by atoms with Gasteiger partial charge in [-0.2, -0.15) is 0 Å². The second-order valence-electron chi connectivity index (χ2n) is 6.45. The van der Waals surface area contributed by atoms with Gasteiger partial charge in [-0.15, -0.1) is 0 Å². The average molecular weight is 406 g/mol. The zero-order valence-corrected chi connectivity index (χ0v) is 17.1. The van der Waals surface area contributed by atoms with Crippen LogP contribution in [-0.4, -0.2) is 77.2 Å². The molecular weight excluding hydrogens is 382 g/mol. The fraction of sp³-hybridized carbons (Fsp3) is 0.421. The van der Waals surface area contributed by atoms with Crippen LogP contribution >= 0.6 is 24.0 Å². The van der Waals surface area contributed by atoms with Crippen molar-refractivity contribution < 1.29 is 14.3 Å². The first-order chi connectivity index (χ1) is 13.0. The zero-order chi connectivity index (χ0) is 19.4. The lowest BCUT2D eigenvalue weighted by Crippen LogP contribution is -2.50. The third-order valence-electron chi connectivity index (χ3n) is 4.51. The number of thioether (sulfide) groups is 1. The summed E-state index contributed by atoms with van der Waals surface area (Å²) in [5.74, 6) is 0.531. The number of ether oxygens (including phenoxy) is 1. The Bertz CT molecular complexity index is 756. The molecule has 8 heteroatoms. The largest absolute Gasteiger partial charge is 0.494 e. The van der Waals surface area contributed by atoms with E-state index >= 15 is 0 Å². The summed E-state index contributed by atoms with van der Waals surface area (Å²) in [6.07, 6.45) is 1.80. The van der Waals surface area contributed by atoms with Crippen LogP contribution in [0, 0.1) is 0 Å². The fourth-order valence-electron chi connectivity index (χ4n) is 2.91. The van der Waals surface area contributed by atoms with Crippen molar-refractivity contribution in [1.29, 1.82) is 0 Å². The highest BCUT2D eigenvalue weighted by molar-refractivity contribution is 8.26. The zero-order valence-electron chi connectivity index (χ0n) is 15.5. The average Bonchev–Trinajstić information content (AvgIpc) is 2.91. The molecule has 2 heterocycles. The van der Waals surface area contributed by atoms with Gasteiger partial charge in [-0.3, -0.25) is 14.5 Å². The van der Waals surface area contributed by atoms with Gasteiger partial charge in [0.15, 0.2) is 0 Å². The quantitative estimate of drug-likeness (QED) is 0.552. The molecule has 2 aliphatic rings. The van der Waals surface area contributed by atoms with Crippen LogP contribution in [0.4, 0.5) is 0 Å². The first-order valence-corrected chi connectivity index (χ1v) is 10.1. The van der Waals surface area contributed by atoms with E-state index in [9.17, 15) is 9.59 Å². The van der Waals surface area contributed by atoms with E-state index in [2.05, 4.69) is 4.90 Å². The number of hydrogen-bond acceptors (Lipinski definition) is 6. The van der Waals surface area contributed by atoms with Gasteiger partial charge in [0.2, 0.25) is 5.91 Å². The predicted molar refractivity (Wildman–Crippen MR) is 112 cm³/mol. The molecule has 3 rings (SSSR count). The third kappa shape index (κ3) is 4.88. The Morgan fingerprint density at radius 1 is 1.22 bits per heavy atom. The Kier molecular flexibility index (Phi) is 6.51. The highest BCUT2D eigenvalue weighted by Gasteiger charge is 2.34. The Hall–Kier alpha value is -1.90. The lowest BCUT2D eigenvalue weighted by molar-refractivity contribution is -0.136. The van der Waals surface area contributed by atoms with E-state index in [1.807, 2.05) is 38.2 Å². The summed E-state index contributed by atoms with van der Waals surface area (Å²) in [6, 6.07) is 7.53. The van der Waals surface area contributed by atoms with Crippen LogP contribution in [0.1, 0.15) is 12.5 Å². The van der Waals surface area contributed by atoms with Crippen molar-refractivity contribution in [2.45, 2.75) is 6.92 Å². The molecule has 2 fully saturated rings. The van der Waals surface area contributed by atoms with Gasteiger partial charge < -0.3 is 14.5 Å². The Balaban J connectivity index is 1.64. The number of amides is 2. The lowest BCUT2D eigenvalue weighted by Gasteiger charge is -2.33. The summed E-state index contributed by atoms with van der Waals surface area (Å²) in [4.78, 5) is 31.2. The van der Waals surface area contributed by atoms with Crippen molar-refractivity contribution in [2.24, 2.45) is 0 Å². The highest BCUT2D eigenvalue weighted by Crippen LogP contribution is 2.32. The first-order valence-electron chi connectivity index (χ1n) is 8.92. The van der Waals surface area contributed by atoms with Gasteiger partial charge in [0.25, 0.3) is 5.91 Å². The van der Waals surface area contributed by atoms with Gasteiger partial charge in [-0.1, -0.05) is 36.1 Å². The molecule has 0 aromatic heterocycles. The summed E-state index contributed by atoms with van der Waals surface area (Å²) in [6.45, 7) is 5.62. The van der Waals surface area contributed by atoms with Crippen molar-refractivity contribution in [3.8, 4) is 5.75 Å². The molecule has 0 radical (unpaired) electrons. The van der Waals surface area contributed by atoms with Crippen LogP contribution in [-0.2, 0) is 9.59 Å². The van der Waals surface area contributed by atoms with Crippen LogP contribution in [0.15, 0.2) is 29.2 Å². The van der Waals surface area contributed by atoms with Gasteiger partial charge in [0.1, 0.15) is 16.6 Å². The molecule has 1 aromatic rings. The summed E-state index contributed by atoms with van der Waals surface area (Å²) < 4.78 is 5.86. The van der Waals surface area contributed by atoms with Crippen molar-refractivity contribution >= 4 is 46.2 Å². The first kappa shape index (κ1) is 19.9. The van der Waals surface area contributed by atoms with E-state index < -0.39 is 0 Å². The molecule has 0 unspecified atom stereocenters. The minimum absolute atomic E-state index is 0.00893.